The van der Waals surface area contributed by atoms with Crippen LogP contribution < -0.4 is 10.1 Å². The van der Waals surface area contributed by atoms with Crippen LogP contribution in [0.3, 0.4) is 0 Å². The van der Waals surface area contributed by atoms with Gasteiger partial charge in [-0.25, -0.2) is 4.39 Å². The van der Waals surface area contributed by atoms with Crippen LogP contribution in [0.25, 0.3) is 0 Å². The van der Waals surface area contributed by atoms with Gasteiger partial charge in [-0.05, 0) is 50.2 Å². The Morgan fingerprint density at radius 2 is 1.74 bits per heavy atom. The number of halogens is 3. The summed E-state index contributed by atoms with van der Waals surface area (Å²) < 4.78 is 18.5. The van der Waals surface area contributed by atoms with Crippen LogP contribution in [-0.2, 0) is 9.59 Å². The number of rotatable bonds is 7. The van der Waals surface area contributed by atoms with Crippen molar-refractivity contribution < 1.29 is 18.7 Å². The van der Waals surface area contributed by atoms with Gasteiger partial charge in [0.05, 0.1) is 22.3 Å². The molecule has 2 aromatic rings. The van der Waals surface area contributed by atoms with Gasteiger partial charge in [-0.1, -0.05) is 29.3 Å². The van der Waals surface area contributed by atoms with Gasteiger partial charge in [0.15, 0.2) is 6.10 Å². The second-order valence-electron chi connectivity index (χ2n) is 5.71. The molecule has 2 aromatic carbocycles. The Labute approximate surface area is 167 Å². The van der Waals surface area contributed by atoms with Crippen LogP contribution in [0, 0.1) is 5.82 Å². The second-order valence-corrected chi connectivity index (χ2v) is 6.53. The van der Waals surface area contributed by atoms with Crippen LogP contribution in [-0.4, -0.2) is 35.9 Å². The molecule has 2 rings (SSSR count). The number of likely N-dealkylation sites (N-methyl/N-ethyl adjacent to an activating group) is 1. The first-order valence-electron chi connectivity index (χ1n) is 8.26. The average Bonchev–Trinajstić information content (AvgIpc) is 2.64. The molecule has 27 heavy (non-hydrogen) atoms. The maximum Gasteiger partial charge on any atom is 0.263 e. The minimum Gasteiger partial charge on any atom is -0.481 e. The first kappa shape index (κ1) is 21.0. The normalized spacial score (nSPS) is 11.6. The van der Waals surface area contributed by atoms with Gasteiger partial charge >= 0.3 is 0 Å². The van der Waals surface area contributed by atoms with E-state index in [1.54, 1.807) is 32.0 Å². The summed E-state index contributed by atoms with van der Waals surface area (Å²) in [5.41, 5.74) is 0.296. The molecule has 8 heteroatoms. The monoisotopic (exact) mass is 412 g/mol. The molecule has 0 aliphatic heterocycles. The van der Waals surface area contributed by atoms with Crippen molar-refractivity contribution in [2.75, 3.05) is 18.4 Å². The highest BCUT2D eigenvalue weighted by atomic mass is 35.5. The molecule has 0 saturated heterocycles. The second kappa shape index (κ2) is 9.58. The summed E-state index contributed by atoms with van der Waals surface area (Å²) in [4.78, 5) is 26.2. The maximum absolute atomic E-state index is 13.0. The van der Waals surface area contributed by atoms with E-state index in [1.807, 2.05) is 0 Å². The van der Waals surface area contributed by atoms with Crippen molar-refractivity contribution in [3.8, 4) is 5.75 Å². The molecule has 5 nitrogen and oxygen atoms in total. The fourth-order valence-corrected chi connectivity index (χ4v) is 2.83. The number of anilines is 1. The number of carbonyl (C=O) groups is 2. The molecule has 0 heterocycles. The Kier molecular flexibility index (Phi) is 7.45. The Bertz CT molecular complexity index is 795. The highest BCUT2D eigenvalue weighted by molar-refractivity contribution is 6.39. The minimum atomic E-state index is -0.841. The number of para-hydroxylation sites is 1. The lowest BCUT2D eigenvalue weighted by atomic mass is 10.3. The maximum atomic E-state index is 13.0. The molecule has 2 amide bonds. The summed E-state index contributed by atoms with van der Waals surface area (Å²) in [7, 11) is 0. The van der Waals surface area contributed by atoms with E-state index < -0.39 is 17.8 Å². The molecule has 0 fully saturated rings. The average molecular weight is 413 g/mol. The summed E-state index contributed by atoms with van der Waals surface area (Å²) in [5, 5.41) is 3.22. The van der Waals surface area contributed by atoms with Crippen molar-refractivity contribution in [1.29, 1.82) is 0 Å². The molecule has 0 aliphatic carbocycles. The van der Waals surface area contributed by atoms with Crippen molar-refractivity contribution in [3.63, 3.8) is 0 Å². The van der Waals surface area contributed by atoms with E-state index in [1.165, 1.54) is 29.2 Å². The van der Waals surface area contributed by atoms with Crippen LogP contribution in [0.15, 0.2) is 42.5 Å². The molecular weight excluding hydrogens is 394 g/mol. The van der Waals surface area contributed by atoms with Gasteiger partial charge in [-0.3, -0.25) is 9.59 Å². The molecule has 0 bridgehead atoms. The van der Waals surface area contributed by atoms with Gasteiger partial charge in [0.2, 0.25) is 5.91 Å². The predicted molar refractivity (Wildman–Crippen MR) is 104 cm³/mol. The van der Waals surface area contributed by atoms with Gasteiger partial charge in [0, 0.05) is 6.54 Å². The van der Waals surface area contributed by atoms with E-state index in [4.69, 9.17) is 27.9 Å². The third-order valence-electron chi connectivity index (χ3n) is 3.73. The van der Waals surface area contributed by atoms with Crippen LogP contribution in [0.5, 0.6) is 5.75 Å². The number of amides is 2. The third kappa shape index (κ3) is 5.84. The van der Waals surface area contributed by atoms with Gasteiger partial charge in [0.1, 0.15) is 11.6 Å². The van der Waals surface area contributed by atoms with Crippen LogP contribution in [0.2, 0.25) is 10.0 Å². The number of ether oxygens (including phenoxy) is 1. The zero-order valence-corrected chi connectivity index (χ0v) is 16.4. The van der Waals surface area contributed by atoms with Crippen molar-refractivity contribution >= 4 is 40.7 Å². The summed E-state index contributed by atoms with van der Waals surface area (Å²) in [5.74, 6) is -0.844. The Hall–Kier alpha value is -2.31. The number of nitrogens with one attached hydrogen (secondary N) is 1. The van der Waals surface area contributed by atoms with Crippen molar-refractivity contribution in [2.24, 2.45) is 0 Å². The zero-order valence-electron chi connectivity index (χ0n) is 14.8. The van der Waals surface area contributed by atoms with Crippen molar-refractivity contribution in [2.45, 2.75) is 20.0 Å². The standard InChI is InChI=1S/C19H19Cl2FN2O3/c1-3-24(11-17(25)23-18-15(20)5-4-6-16(18)21)19(26)12(2)27-14-9-7-13(22)8-10-14/h4-10,12H,3,11H2,1-2H3,(H,23,25). The number of hydrogen-bond donors (Lipinski definition) is 1. The molecule has 144 valence electrons. The lowest BCUT2D eigenvalue weighted by Crippen LogP contribution is -2.44. The Balaban J connectivity index is 1.99. The van der Waals surface area contributed by atoms with Gasteiger partial charge in [-0.2, -0.15) is 0 Å². The van der Waals surface area contributed by atoms with Crippen LogP contribution >= 0.6 is 23.2 Å². The summed E-state index contributed by atoms with van der Waals surface area (Å²) in [6.45, 7) is 3.43. The fourth-order valence-electron chi connectivity index (χ4n) is 2.34. The molecule has 0 aromatic heterocycles. The highest BCUT2D eigenvalue weighted by Crippen LogP contribution is 2.29. The van der Waals surface area contributed by atoms with Crippen molar-refractivity contribution in [1.82, 2.24) is 4.90 Å². The van der Waals surface area contributed by atoms with E-state index in [-0.39, 0.29) is 12.5 Å². The molecule has 0 spiro atoms. The molecule has 1 atom stereocenters. The first-order valence-corrected chi connectivity index (χ1v) is 9.02. The Morgan fingerprint density at radius 1 is 1.15 bits per heavy atom. The van der Waals surface area contributed by atoms with Crippen LogP contribution in [0.4, 0.5) is 10.1 Å². The number of hydrogen-bond acceptors (Lipinski definition) is 3. The summed E-state index contributed by atoms with van der Waals surface area (Å²) >= 11 is 12.1. The predicted octanol–water partition coefficient (Wildman–Crippen LogP) is 4.39. The van der Waals surface area contributed by atoms with Crippen molar-refractivity contribution in [3.05, 3.63) is 58.3 Å². The van der Waals surface area contributed by atoms with E-state index in [0.717, 1.165) is 0 Å². The van der Waals surface area contributed by atoms with Gasteiger partial charge < -0.3 is 15.0 Å². The number of carbonyl (C=O) groups excluding carboxylic acids is 2. The Morgan fingerprint density at radius 3 is 2.30 bits per heavy atom. The largest absolute Gasteiger partial charge is 0.481 e. The SMILES string of the molecule is CCN(CC(=O)Nc1c(Cl)cccc1Cl)C(=O)C(C)Oc1ccc(F)cc1. The number of benzene rings is 2. The molecule has 0 saturated carbocycles. The van der Waals surface area contributed by atoms with E-state index in [2.05, 4.69) is 5.32 Å². The lowest BCUT2D eigenvalue weighted by Gasteiger charge is -2.24. The topological polar surface area (TPSA) is 58.6 Å². The lowest BCUT2D eigenvalue weighted by molar-refractivity contribution is -0.140. The molecule has 1 N–H and O–H groups in total. The van der Waals surface area contributed by atoms with E-state index in [0.29, 0.717) is 28.0 Å². The van der Waals surface area contributed by atoms with Gasteiger partial charge in [-0.15, -0.1) is 0 Å². The molecule has 0 aliphatic rings. The van der Waals surface area contributed by atoms with E-state index in [9.17, 15) is 14.0 Å². The smallest absolute Gasteiger partial charge is 0.263 e. The summed E-state index contributed by atoms with van der Waals surface area (Å²) in [6.07, 6.45) is -0.841. The quantitative estimate of drug-likeness (QED) is 0.733. The minimum absolute atomic E-state index is 0.187. The third-order valence-corrected chi connectivity index (χ3v) is 4.36. The first-order chi connectivity index (χ1) is 12.8. The number of nitrogens with zero attached hydrogens (tertiary/aromatic N) is 1. The molecule has 0 radical (unpaired) electrons. The zero-order chi connectivity index (χ0) is 20.0. The highest BCUT2D eigenvalue weighted by Gasteiger charge is 2.23. The summed E-state index contributed by atoms with van der Waals surface area (Å²) in [6, 6.07) is 10.2. The molecule has 1 unspecified atom stereocenters. The van der Waals surface area contributed by atoms with Gasteiger partial charge in [0.25, 0.3) is 5.91 Å². The van der Waals surface area contributed by atoms with Crippen LogP contribution in [0.1, 0.15) is 13.8 Å². The fraction of sp³-hybridized carbons (Fsp3) is 0.263. The molecular formula is C19H19Cl2FN2O3. The van der Waals surface area contributed by atoms with E-state index >= 15 is 0 Å².